The highest BCUT2D eigenvalue weighted by atomic mass is 16.3. The maximum absolute atomic E-state index is 12.8. The van der Waals surface area contributed by atoms with E-state index in [2.05, 4.69) is 95.9 Å². The largest absolute Gasteiger partial charge is 0.507 e. The summed E-state index contributed by atoms with van der Waals surface area (Å²) in [6.45, 7) is 0. The number of hydrogen-bond acceptors (Lipinski definition) is 8. The van der Waals surface area contributed by atoms with E-state index >= 15 is 0 Å². The molecule has 20 aromatic carbocycles. The van der Waals surface area contributed by atoms with Gasteiger partial charge in [0.25, 0.3) is 0 Å². The normalized spacial score (nSPS) is 12.0. The van der Waals surface area contributed by atoms with Crippen LogP contribution in [-0.2, 0) is 5.41 Å². The molecule has 22 rings (SSSR count). The average Bonchev–Trinajstić information content (AvgIpc) is 1.50. The number of benzene rings is 20. The fourth-order valence-electron chi connectivity index (χ4n) is 18.9. The van der Waals surface area contributed by atoms with E-state index in [1.54, 1.807) is 24.3 Å². The van der Waals surface area contributed by atoms with Crippen LogP contribution in [0.25, 0.3) is 153 Å². The van der Waals surface area contributed by atoms with Crippen LogP contribution >= 0.6 is 0 Å². The lowest BCUT2D eigenvalue weighted by Crippen LogP contribution is -2.26. The van der Waals surface area contributed by atoms with Gasteiger partial charge in [-0.3, -0.25) is 0 Å². The van der Waals surface area contributed by atoms with Crippen LogP contribution < -0.4 is 0 Å². The first-order chi connectivity index (χ1) is 59.3. The Hall–Kier alpha value is -16.9. The zero-order chi connectivity index (χ0) is 81.5. The molecule has 0 fully saturated rings. The van der Waals surface area contributed by atoms with E-state index in [0.717, 1.165) is 131 Å². The maximum atomic E-state index is 12.8. The molecule has 564 valence electrons. The van der Waals surface area contributed by atoms with Crippen LogP contribution in [0.4, 0.5) is 0 Å². The van der Waals surface area contributed by atoms with Crippen molar-refractivity contribution in [3.8, 4) is 160 Å². The van der Waals surface area contributed by atoms with Gasteiger partial charge in [0.05, 0.1) is 27.7 Å². The van der Waals surface area contributed by atoms with Crippen LogP contribution in [0.5, 0.6) is 46.0 Å². The molecule has 0 atom stereocenters. The molecule has 121 heavy (non-hydrogen) atoms. The lowest BCUT2D eigenvalue weighted by Gasteiger charge is -2.31. The van der Waals surface area contributed by atoms with Gasteiger partial charge in [0.1, 0.15) is 46.0 Å². The van der Waals surface area contributed by atoms with Gasteiger partial charge in [-0.25, -0.2) is 0 Å². The molecule has 0 amide bonds. The molecule has 1 spiro atoms. The summed E-state index contributed by atoms with van der Waals surface area (Å²) in [4.78, 5) is 0. The predicted molar refractivity (Wildman–Crippen MR) is 488 cm³/mol. The second kappa shape index (κ2) is 27.7. The molecule has 0 heterocycles. The van der Waals surface area contributed by atoms with Crippen molar-refractivity contribution in [2.24, 2.45) is 0 Å². The molecule has 0 aromatic heterocycles. The fraction of sp³-hybridized carbons (Fsp3) is 0.00885. The summed E-state index contributed by atoms with van der Waals surface area (Å²) in [5.41, 5.74) is 13.5. The summed E-state index contributed by atoms with van der Waals surface area (Å²) < 4.78 is 0. The van der Waals surface area contributed by atoms with Crippen molar-refractivity contribution in [1.29, 1.82) is 0 Å². The minimum Gasteiger partial charge on any atom is -0.507 e. The summed E-state index contributed by atoms with van der Waals surface area (Å²) in [6, 6.07) is 109. The lowest BCUT2D eigenvalue weighted by molar-refractivity contribution is 0.469. The molecule has 2 aliphatic carbocycles. The van der Waals surface area contributed by atoms with E-state index in [1.165, 1.54) is 0 Å². The second-order valence-corrected chi connectivity index (χ2v) is 31.0. The van der Waals surface area contributed by atoms with Crippen LogP contribution in [0.3, 0.4) is 0 Å². The van der Waals surface area contributed by atoms with Crippen molar-refractivity contribution in [3.05, 3.63) is 406 Å². The van der Waals surface area contributed by atoms with Crippen molar-refractivity contribution in [3.63, 3.8) is 0 Å². The zero-order valence-corrected chi connectivity index (χ0v) is 64.4. The number of hydrogen-bond donors (Lipinski definition) is 8. The highest BCUT2D eigenvalue weighted by Gasteiger charge is 2.52. The summed E-state index contributed by atoms with van der Waals surface area (Å²) >= 11 is 0. The average molecular weight is 1550 g/mol. The Kier molecular flexibility index (Phi) is 16.2. The third kappa shape index (κ3) is 11.2. The first-order valence-electron chi connectivity index (χ1n) is 39.8. The Labute approximate surface area is 694 Å². The van der Waals surface area contributed by atoms with Crippen LogP contribution in [0, 0.1) is 47.4 Å². The van der Waals surface area contributed by atoms with Gasteiger partial charge in [0.2, 0.25) is 0 Å². The lowest BCUT2D eigenvalue weighted by atomic mass is 9.69. The molecular formula is C113H64O8. The first kappa shape index (κ1) is 70.7. The van der Waals surface area contributed by atoms with E-state index in [1.807, 2.05) is 267 Å². The Balaban J connectivity index is 0.778. The quantitative estimate of drug-likeness (QED) is 0.0808. The molecular weight excluding hydrogens is 1490 g/mol. The smallest absolute Gasteiger partial charge is 0.139 e. The number of fused-ring (bicyclic) bond motifs is 18. The molecule has 8 nitrogen and oxygen atoms in total. The Morgan fingerprint density at radius 1 is 0.165 bits per heavy atom. The van der Waals surface area contributed by atoms with E-state index < -0.39 is 5.41 Å². The Bertz CT molecular complexity index is 7330. The summed E-state index contributed by atoms with van der Waals surface area (Å²) in [5.74, 6) is 27.6. The maximum Gasteiger partial charge on any atom is 0.139 e. The van der Waals surface area contributed by atoms with Gasteiger partial charge in [0.15, 0.2) is 0 Å². The first-order valence-corrected chi connectivity index (χ1v) is 39.8. The molecule has 0 radical (unpaired) electrons. The van der Waals surface area contributed by atoms with Gasteiger partial charge < -0.3 is 40.9 Å². The van der Waals surface area contributed by atoms with Gasteiger partial charge in [-0.05, 0) is 228 Å². The molecule has 0 saturated heterocycles. The van der Waals surface area contributed by atoms with Crippen molar-refractivity contribution < 1.29 is 40.9 Å². The summed E-state index contributed by atoms with van der Waals surface area (Å²) in [6.07, 6.45) is 0. The van der Waals surface area contributed by atoms with Crippen LogP contribution in [0.1, 0.15) is 66.8 Å². The van der Waals surface area contributed by atoms with Crippen LogP contribution in [-0.4, -0.2) is 40.9 Å². The van der Waals surface area contributed by atoms with Gasteiger partial charge >= 0.3 is 0 Å². The molecule has 0 saturated carbocycles. The molecule has 0 unspecified atom stereocenters. The highest BCUT2D eigenvalue weighted by molar-refractivity contribution is 6.15. The molecule has 0 aliphatic heterocycles. The topological polar surface area (TPSA) is 162 Å². The second-order valence-electron chi connectivity index (χ2n) is 31.0. The SMILES string of the molecule is Oc1ccc2ccccc2c1-c1c(O)c(C#Cc2ccc3c(c2)C2(c4cc(C#Cc5cc6ccccc6c(-c6c(O)ccc7ccccc67)c5O)ccc4-3)c3cc(C#Cc4cc5ccccc5c(-c5c(O)ccc6ccccc56)c4O)ccc3-c3ccc(C#Cc4cc5ccccc5c(-c5c(O)ccc6ccccc56)c4O)cc32)cc2ccccc12. The number of phenols is 8. The van der Waals surface area contributed by atoms with Gasteiger partial charge in [-0.1, -0.05) is 290 Å². The van der Waals surface area contributed by atoms with E-state index in [0.29, 0.717) is 89.0 Å². The zero-order valence-electron chi connectivity index (χ0n) is 64.4. The third-order valence-corrected chi connectivity index (χ3v) is 24.4. The Morgan fingerprint density at radius 3 is 0.570 bits per heavy atom. The van der Waals surface area contributed by atoms with Crippen LogP contribution in [0.2, 0.25) is 0 Å². The minimum absolute atomic E-state index is 0.0133. The number of aromatic hydroxyl groups is 8. The molecule has 2 aliphatic rings. The molecule has 8 heteroatoms. The van der Waals surface area contributed by atoms with Crippen molar-refractivity contribution >= 4 is 86.2 Å². The minimum atomic E-state index is -1.23. The van der Waals surface area contributed by atoms with Crippen molar-refractivity contribution in [2.75, 3.05) is 0 Å². The van der Waals surface area contributed by atoms with Crippen LogP contribution in [0.15, 0.2) is 340 Å². The van der Waals surface area contributed by atoms with Crippen molar-refractivity contribution in [1.82, 2.24) is 0 Å². The molecule has 0 bridgehead atoms. The third-order valence-electron chi connectivity index (χ3n) is 24.4. The summed E-state index contributed by atoms with van der Waals surface area (Å²) in [7, 11) is 0. The van der Waals surface area contributed by atoms with E-state index in [4.69, 9.17) is 0 Å². The highest BCUT2D eigenvalue weighted by Crippen LogP contribution is 2.64. The van der Waals surface area contributed by atoms with E-state index in [9.17, 15) is 40.9 Å². The van der Waals surface area contributed by atoms with Gasteiger partial charge in [0, 0.05) is 66.8 Å². The molecule has 8 N–H and O–H groups in total. The standard InChI is InChI=1S/C113H64O8/c114-97-53-45-69-17-1-9-25-81(69)101(97)105-85-29-13-5-21-73(85)61-77(109(105)118)41-33-65-37-49-89-90-50-38-66(34-42-78-62-74-22-6-14-30-86(74)106(110(78)119)102-82-26-10-2-18-70(82)46-54-98(102)115)58-94(90)113(93(89)57-65)95-59-67(35-43-79-63-75-23-7-15-31-87(75)107(111(79)120)103-83-27-11-3-19-71(83)47-55-99(103)116)39-51-91(95)92-52-40-68(60-96(92)113)36-44-80-64-76-24-8-16-32-88(76)108(112(80)121)104-84-28-12-4-20-72(84)48-56-100(104)117/h1-32,37-40,45-64,114-121H. The predicted octanol–water partition coefficient (Wildman–Crippen LogP) is 25.2. The number of phenolic OH excluding ortho intramolecular Hbond substituents is 8. The fourth-order valence-corrected chi connectivity index (χ4v) is 18.9. The van der Waals surface area contributed by atoms with Gasteiger partial charge in [-0.2, -0.15) is 0 Å². The Morgan fingerprint density at radius 2 is 0.355 bits per heavy atom. The number of rotatable bonds is 4. The monoisotopic (exact) mass is 1550 g/mol. The van der Waals surface area contributed by atoms with E-state index in [-0.39, 0.29) is 46.0 Å². The van der Waals surface area contributed by atoms with Gasteiger partial charge in [-0.15, -0.1) is 0 Å². The molecule has 20 aromatic rings. The summed E-state index contributed by atoms with van der Waals surface area (Å²) in [5, 5.41) is 111. The van der Waals surface area contributed by atoms with Crippen molar-refractivity contribution in [2.45, 2.75) is 5.41 Å².